The zero-order valence-corrected chi connectivity index (χ0v) is 4.93. The van der Waals surface area contributed by atoms with Gasteiger partial charge in [0, 0.05) is 19.1 Å². The van der Waals surface area contributed by atoms with Crippen molar-refractivity contribution in [1.29, 1.82) is 0 Å². The van der Waals surface area contributed by atoms with Crippen LogP contribution in [0.5, 0.6) is 0 Å². The van der Waals surface area contributed by atoms with Crippen LogP contribution in [0.3, 0.4) is 0 Å². The molecule has 0 heterocycles. The first kappa shape index (κ1) is 7.88. The van der Waals surface area contributed by atoms with E-state index in [9.17, 15) is 0 Å². The first-order valence-corrected chi connectivity index (χ1v) is 2.68. The van der Waals surface area contributed by atoms with Gasteiger partial charge in [-0.15, -0.1) is 0 Å². The Bertz CT molecular complexity index is 49.7. The monoisotopic (exact) mass is 117 g/mol. The van der Waals surface area contributed by atoms with Gasteiger partial charge in [-0.2, -0.15) is 0 Å². The number of hydrogen-bond donors (Lipinski definition) is 3. The summed E-state index contributed by atoms with van der Waals surface area (Å²) in [5, 5.41) is 11.2. The molecule has 8 heavy (non-hydrogen) atoms. The highest BCUT2D eigenvalue weighted by atomic mass is 16.3. The summed E-state index contributed by atoms with van der Waals surface area (Å²) in [7, 11) is 0. The zero-order valence-electron chi connectivity index (χ0n) is 4.93. The molecule has 1 atom stereocenters. The molecule has 0 bridgehead atoms. The molecule has 4 N–H and O–H groups in total. The van der Waals surface area contributed by atoms with Gasteiger partial charge >= 0.3 is 0 Å². The van der Waals surface area contributed by atoms with E-state index in [0.717, 1.165) is 0 Å². The second-order valence-corrected chi connectivity index (χ2v) is 1.61. The average Bonchev–Trinajstić information content (AvgIpc) is 1.83. The molecule has 0 aromatic carbocycles. The van der Waals surface area contributed by atoms with Gasteiger partial charge in [-0.05, 0) is 6.92 Å². The number of aliphatic hydroxyl groups excluding tert-OH is 1. The maximum absolute atomic E-state index is 8.28. The Morgan fingerprint density at radius 3 is 2.75 bits per heavy atom. The third-order valence-corrected chi connectivity index (χ3v) is 0.829. The fourth-order valence-corrected chi connectivity index (χ4v) is 0.352. The van der Waals surface area contributed by atoms with Crippen LogP contribution in [0.1, 0.15) is 0 Å². The Morgan fingerprint density at radius 1 is 1.75 bits per heavy atom. The highest BCUT2D eigenvalue weighted by Crippen LogP contribution is 1.70. The molecule has 0 aliphatic heterocycles. The van der Waals surface area contributed by atoms with Crippen molar-refractivity contribution in [3.63, 3.8) is 0 Å². The van der Waals surface area contributed by atoms with Gasteiger partial charge in [-0.3, -0.25) is 0 Å². The van der Waals surface area contributed by atoms with Crippen molar-refractivity contribution in [1.82, 2.24) is 5.32 Å². The van der Waals surface area contributed by atoms with E-state index in [1.54, 1.807) is 0 Å². The summed E-state index contributed by atoms with van der Waals surface area (Å²) < 4.78 is 0. The van der Waals surface area contributed by atoms with Crippen molar-refractivity contribution in [2.75, 3.05) is 19.7 Å². The molecule has 0 aliphatic rings. The number of nitrogens with one attached hydrogen (secondary N) is 1. The van der Waals surface area contributed by atoms with E-state index in [-0.39, 0.29) is 12.6 Å². The molecule has 1 radical (unpaired) electrons. The Labute approximate surface area is 49.9 Å². The molecule has 0 aromatic heterocycles. The molecule has 3 nitrogen and oxygen atoms in total. The predicted molar refractivity (Wildman–Crippen MR) is 33.3 cm³/mol. The van der Waals surface area contributed by atoms with Crippen LogP contribution in [-0.2, 0) is 0 Å². The Kier molecular flexibility index (Phi) is 4.95. The summed E-state index contributed by atoms with van der Waals surface area (Å²) in [5.41, 5.74) is 5.21. The lowest BCUT2D eigenvalue weighted by Gasteiger charge is -2.07. The molecule has 0 rings (SSSR count). The topological polar surface area (TPSA) is 58.3 Å². The number of nitrogens with two attached hydrogens (primary N) is 1. The standard InChI is InChI=1S/C5H13N2O/c1-5(4-6)7-2-3-8/h5,7-8H,1-4,6H2. The SMILES string of the molecule is [CH2]C(CN)NCCO. The first-order valence-electron chi connectivity index (χ1n) is 2.68. The van der Waals surface area contributed by atoms with Crippen LogP contribution < -0.4 is 11.1 Å². The zero-order chi connectivity index (χ0) is 6.41. The van der Waals surface area contributed by atoms with Crippen molar-refractivity contribution >= 4 is 0 Å². The third kappa shape index (κ3) is 4.05. The molecule has 3 heteroatoms. The molecule has 0 saturated carbocycles. The van der Waals surface area contributed by atoms with Gasteiger partial charge in [0.25, 0.3) is 0 Å². The van der Waals surface area contributed by atoms with E-state index in [1.807, 2.05) is 0 Å². The van der Waals surface area contributed by atoms with Gasteiger partial charge < -0.3 is 16.2 Å². The molecular weight excluding hydrogens is 104 g/mol. The second-order valence-electron chi connectivity index (χ2n) is 1.61. The molecular formula is C5H13N2O. The lowest BCUT2D eigenvalue weighted by atomic mass is 10.3. The number of rotatable bonds is 4. The minimum absolute atomic E-state index is 0.0714. The normalized spacial score (nSPS) is 13.9. The van der Waals surface area contributed by atoms with E-state index >= 15 is 0 Å². The average molecular weight is 117 g/mol. The van der Waals surface area contributed by atoms with Crippen molar-refractivity contribution < 1.29 is 5.11 Å². The maximum atomic E-state index is 8.28. The lowest BCUT2D eigenvalue weighted by molar-refractivity contribution is 0.288. The van der Waals surface area contributed by atoms with Gasteiger partial charge in [-0.1, -0.05) is 0 Å². The predicted octanol–water partition coefficient (Wildman–Crippen LogP) is -1.27. The summed E-state index contributed by atoms with van der Waals surface area (Å²) >= 11 is 0. The van der Waals surface area contributed by atoms with E-state index in [1.165, 1.54) is 0 Å². The van der Waals surface area contributed by atoms with Crippen LogP contribution in [0.4, 0.5) is 0 Å². The van der Waals surface area contributed by atoms with Crippen molar-refractivity contribution in [2.24, 2.45) is 5.73 Å². The van der Waals surface area contributed by atoms with Gasteiger partial charge in [0.1, 0.15) is 0 Å². The van der Waals surface area contributed by atoms with E-state index in [0.29, 0.717) is 13.1 Å². The Balaban J connectivity index is 2.86. The fourth-order valence-electron chi connectivity index (χ4n) is 0.352. The Morgan fingerprint density at radius 2 is 2.38 bits per heavy atom. The smallest absolute Gasteiger partial charge is 0.0556 e. The van der Waals surface area contributed by atoms with Crippen molar-refractivity contribution in [3.05, 3.63) is 6.92 Å². The maximum Gasteiger partial charge on any atom is 0.0556 e. The second kappa shape index (κ2) is 5.03. The van der Waals surface area contributed by atoms with Crippen LogP contribution in [0, 0.1) is 6.92 Å². The first-order chi connectivity index (χ1) is 3.81. The fraction of sp³-hybridized carbons (Fsp3) is 0.800. The summed E-state index contributed by atoms with van der Waals surface area (Å²) in [4.78, 5) is 0. The van der Waals surface area contributed by atoms with Gasteiger partial charge in [0.2, 0.25) is 0 Å². The summed E-state index contributed by atoms with van der Waals surface area (Å²) in [5.74, 6) is 0. The molecule has 0 amide bonds. The summed E-state index contributed by atoms with van der Waals surface area (Å²) in [6.45, 7) is 4.88. The minimum atomic E-state index is 0.0714. The lowest BCUT2D eigenvalue weighted by Crippen LogP contribution is -2.35. The third-order valence-electron chi connectivity index (χ3n) is 0.829. The number of aliphatic hydroxyl groups is 1. The molecule has 0 aliphatic carbocycles. The molecule has 49 valence electrons. The number of hydrogen-bond acceptors (Lipinski definition) is 3. The van der Waals surface area contributed by atoms with Crippen LogP contribution in [0.2, 0.25) is 0 Å². The molecule has 1 unspecified atom stereocenters. The highest BCUT2D eigenvalue weighted by molar-refractivity contribution is 4.67. The summed E-state index contributed by atoms with van der Waals surface area (Å²) in [6, 6.07) is 0.0714. The molecule has 0 spiro atoms. The molecule has 0 saturated heterocycles. The van der Waals surface area contributed by atoms with Gasteiger partial charge in [0.15, 0.2) is 0 Å². The Hall–Kier alpha value is -0.120. The quantitative estimate of drug-likeness (QED) is 0.430. The van der Waals surface area contributed by atoms with Crippen molar-refractivity contribution in [2.45, 2.75) is 6.04 Å². The highest BCUT2D eigenvalue weighted by Gasteiger charge is 1.93. The van der Waals surface area contributed by atoms with Crippen LogP contribution in [0.15, 0.2) is 0 Å². The molecule has 0 aromatic rings. The van der Waals surface area contributed by atoms with E-state index in [2.05, 4.69) is 12.2 Å². The molecule has 0 fully saturated rings. The largest absolute Gasteiger partial charge is 0.395 e. The van der Waals surface area contributed by atoms with Gasteiger partial charge in [0.05, 0.1) is 6.61 Å². The van der Waals surface area contributed by atoms with Crippen LogP contribution in [-0.4, -0.2) is 30.8 Å². The van der Waals surface area contributed by atoms with Crippen molar-refractivity contribution in [3.8, 4) is 0 Å². The summed E-state index contributed by atoms with van der Waals surface area (Å²) in [6.07, 6.45) is 0. The minimum Gasteiger partial charge on any atom is -0.395 e. The van der Waals surface area contributed by atoms with E-state index in [4.69, 9.17) is 10.8 Å². The van der Waals surface area contributed by atoms with Crippen LogP contribution >= 0.6 is 0 Å². The van der Waals surface area contributed by atoms with Gasteiger partial charge in [-0.25, -0.2) is 0 Å². The van der Waals surface area contributed by atoms with E-state index < -0.39 is 0 Å². The van der Waals surface area contributed by atoms with Crippen LogP contribution in [0.25, 0.3) is 0 Å².